The van der Waals surface area contributed by atoms with Gasteiger partial charge in [0, 0.05) is 13.1 Å². The monoisotopic (exact) mass is 279 g/mol. The first-order valence-corrected chi connectivity index (χ1v) is 7.35. The quantitative estimate of drug-likeness (QED) is 0.862. The van der Waals surface area contributed by atoms with Gasteiger partial charge in [0.05, 0.1) is 6.04 Å². The van der Waals surface area contributed by atoms with Crippen molar-refractivity contribution < 1.29 is 9.21 Å². The number of anilines is 1. The molecule has 0 aliphatic carbocycles. The van der Waals surface area contributed by atoms with E-state index >= 15 is 0 Å². The number of piperidine rings is 1. The summed E-state index contributed by atoms with van der Waals surface area (Å²) in [4.78, 5) is 13.9. The van der Waals surface area contributed by atoms with Gasteiger partial charge in [-0.25, -0.2) is 4.79 Å². The topological polar surface area (TPSA) is 83.3 Å². The van der Waals surface area contributed by atoms with Crippen molar-refractivity contribution in [2.75, 3.05) is 25.0 Å². The number of carbonyl (C=O) groups is 1. The van der Waals surface area contributed by atoms with Gasteiger partial charge in [-0.3, -0.25) is 5.32 Å². The molecule has 3 heterocycles. The van der Waals surface area contributed by atoms with Gasteiger partial charge in [-0.05, 0) is 38.1 Å². The van der Waals surface area contributed by atoms with E-state index in [1.807, 2.05) is 4.90 Å². The summed E-state index contributed by atoms with van der Waals surface area (Å²) in [5.41, 5.74) is 0. The predicted molar refractivity (Wildman–Crippen MR) is 73.3 cm³/mol. The highest BCUT2D eigenvalue weighted by atomic mass is 16.4. The maximum Gasteiger partial charge on any atom is 0.325 e. The molecule has 1 aromatic rings. The number of amides is 2. The summed E-state index contributed by atoms with van der Waals surface area (Å²) in [5, 5.41) is 13.9. The van der Waals surface area contributed by atoms with E-state index in [-0.39, 0.29) is 18.1 Å². The van der Waals surface area contributed by atoms with E-state index in [1.54, 1.807) is 0 Å². The number of nitrogens with one attached hydrogen (secondary N) is 2. The fraction of sp³-hybridized carbons (Fsp3) is 0.769. The summed E-state index contributed by atoms with van der Waals surface area (Å²) in [5.74, 6) is 1.11. The molecule has 1 aromatic heterocycles. The van der Waals surface area contributed by atoms with Gasteiger partial charge >= 0.3 is 12.0 Å². The molecular weight excluding hydrogens is 258 g/mol. The van der Waals surface area contributed by atoms with Gasteiger partial charge < -0.3 is 14.6 Å². The van der Waals surface area contributed by atoms with E-state index in [0.717, 1.165) is 38.9 Å². The first-order valence-electron chi connectivity index (χ1n) is 7.35. The highest BCUT2D eigenvalue weighted by molar-refractivity contribution is 5.87. The molecular formula is C13H21N5O2. The largest absolute Gasteiger partial charge is 0.406 e. The number of hydrogen-bond acceptors (Lipinski definition) is 5. The number of rotatable bonds is 2. The minimum atomic E-state index is -0.147. The normalized spacial score (nSPS) is 26.8. The second-order valence-electron chi connectivity index (χ2n) is 5.72. The second-order valence-corrected chi connectivity index (χ2v) is 5.72. The predicted octanol–water partition coefficient (Wildman–Crippen LogP) is 1.76. The number of urea groups is 1. The molecule has 0 bridgehead atoms. The SMILES string of the molecule is CC1CCCN(C(=O)Nc2nnc(C3CCCN3)o2)C1. The van der Waals surface area contributed by atoms with Crippen LogP contribution in [-0.2, 0) is 0 Å². The van der Waals surface area contributed by atoms with Crippen molar-refractivity contribution in [2.24, 2.45) is 5.92 Å². The summed E-state index contributed by atoms with van der Waals surface area (Å²) >= 11 is 0. The molecule has 2 N–H and O–H groups in total. The lowest BCUT2D eigenvalue weighted by Gasteiger charge is -2.30. The molecule has 2 amide bonds. The van der Waals surface area contributed by atoms with Crippen LogP contribution in [0.1, 0.15) is 44.5 Å². The summed E-state index contributed by atoms with van der Waals surface area (Å²) < 4.78 is 5.51. The van der Waals surface area contributed by atoms with Crippen molar-refractivity contribution >= 4 is 12.0 Å². The first kappa shape index (κ1) is 13.4. The molecule has 2 atom stereocenters. The van der Waals surface area contributed by atoms with Crippen LogP contribution >= 0.6 is 0 Å². The van der Waals surface area contributed by atoms with E-state index in [0.29, 0.717) is 11.8 Å². The average molecular weight is 279 g/mol. The van der Waals surface area contributed by atoms with Gasteiger partial charge in [-0.1, -0.05) is 12.0 Å². The Morgan fingerprint density at radius 2 is 2.30 bits per heavy atom. The third-order valence-corrected chi connectivity index (χ3v) is 3.96. The fourth-order valence-corrected chi connectivity index (χ4v) is 2.87. The van der Waals surface area contributed by atoms with Gasteiger partial charge in [-0.15, -0.1) is 5.10 Å². The molecule has 0 spiro atoms. The smallest absolute Gasteiger partial charge is 0.325 e. The van der Waals surface area contributed by atoms with Crippen molar-refractivity contribution in [3.05, 3.63) is 5.89 Å². The van der Waals surface area contributed by atoms with Crippen molar-refractivity contribution in [1.82, 2.24) is 20.4 Å². The highest BCUT2D eigenvalue weighted by Gasteiger charge is 2.25. The number of hydrogen-bond donors (Lipinski definition) is 2. The highest BCUT2D eigenvalue weighted by Crippen LogP contribution is 2.23. The second kappa shape index (κ2) is 5.78. The van der Waals surface area contributed by atoms with Crippen LogP contribution in [0.2, 0.25) is 0 Å². The van der Waals surface area contributed by atoms with Crippen molar-refractivity contribution in [3.8, 4) is 0 Å². The van der Waals surface area contributed by atoms with E-state index in [9.17, 15) is 4.79 Å². The van der Waals surface area contributed by atoms with Crippen molar-refractivity contribution in [2.45, 2.75) is 38.6 Å². The molecule has 2 fully saturated rings. The van der Waals surface area contributed by atoms with Gasteiger partial charge in [-0.2, -0.15) is 0 Å². The Hall–Kier alpha value is -1.63. The first-order chi connectivity index (χ1) is 9.72. The molecule has 110 valence electrons. The zero-order valence-electron chi connectivity index (χ0n) is 11.8. The Labute approximate surface area is 118 Å². The van der Waals surface area contributed by atoms with Crippen molar-refractivity contribution in [3.63, 3.8) is 0 Å². The zero-order valence-corrected chi connectivity index (χ0v) is 11.8. The fourth-order valence-electron chi connectivity index (χ4n) is 2.87. The molecule has 0 radical (unpaired) electrons. The van der Waals surface area contributed by atoms with Gasteiger partial charge in [0.25, 0.3) is 0 Å². The van der Waals surface area contributed by atoms with Crippen LogP contribution in [0.25, 0.3) is 0 Å². The molecule has 7 heteroatoms. The molecule has 0 aromatic carbocycles. The Kier molecular flexibility index (Phi) is 3.86. The van der Waals surface area contributed by atoms with Crippen LogP contribution in [0.5, 0.6) is 0 Å². The molecule has 2 aliphatic rings. The molecule has 7 nitrogen and oxygen atoms in total. The van der Waals surface area contributed by atoms with Gasteiger partial charge in [0.2, 0.25) is 5.89 Å². The summed E-state index contributed by atoms with van der Waals surface area (Å²) in [7, 11) is 0. The molecule has 3 rings (SSSR count). The summed E-state index contributed by atoms with van der Waals surface area (Å²) in [6, 6.07) is 0.172. The van der Waals surface area contributed by atoms with Gasteiger partial charge in [0.1, 0.15) is 0 Å². The lowest BCUT2D eigenvalue weighted by molar-refractivity contribution is 0.181. The minimum Gasteiger partial charge on any atom is -0.406 e. The lowest BCUT2D eigenvalue weighted by Crippen LogP contribution is -2.41. The van der Waals surface area contributed by atoms with Crippen LogP contribution in [0.4, 0.5) is 10.8 Å². The summed E-state index contributed by atoms with van der Waals surface area (Å²) in [6.07, 6.45) is 4.34. The standard InChI is InChI=1S/C13H21N5O2/c1-9-4-3-7-18(8-9)13(19)15-12-17-16-11(20-12)10-5-2-6-14-10/h9-10,14H,2-8H2,1H3,(H,15,17,19). The van der Waals surface area contributed by atoms with E-state index in [1.165, 1.54) is 6.42 Å². The minimum absolute atomic E-state index is 0.128. The third-order valence-electron chi connectivity index (χ3n) is 3.96. The van der Waals surface area contributed by atoms with E-state index in [2.05, 4.69) is 27.8 Å². The molecule has 2 saturated heterocycles. The lowest BCUT2D eigenvalue weighted by atomic mass is 10.0. The number of aromatic nitrogens is 2. The maximum atomic E-state index is 12.1. The Bertz CT molecular complexity index is 469. The Morgan fingerprint density at radius 1 is 1.40 bits per heavy atom. The number of nitrogens with zero attached hydrogens (tertiary/aromatic N) is 3. The molecule has 2 unspecified atom stereocenters. The van der Waals surface area contributed by atoms with Crippen molar-refractivity contribution in [1.29, 1.82) is 0 Å². The average Bonchev–Trinajstić information content (AvgIpc) is 3.08. The van der Waals surface area contributed by atoms with Crippen LogP contribution in [0.3, 0.4) is 0 Å². The van der Waals surface area contributed by atoms with Crippen LogP contribution in [0.15, 0.2) is 4.42 Å². The van der Waals surface area contributed by atoms with Crippen LogP contribution in [0, 0.1) is 5.92 Å². The van der Waals surface area contributed by atoms with E-state index in [4.69, 9.17) is 4.42 Å². The van der Waals surface area contributed by atoms with E-state index < -0.39 is 0 Å². The van der Waals surface area contributed by atoms with Crippen LogP contribution < -0.4 is 10.6 Å². The van der Waals surface area contributed by atoms with Gasteiger partial charge in [0.15, 0.2) is 0 Å². The molecule has 0 saturated carbocycles. The maximum absolute atomic E-state index is 12.1. The molecule has 2 aliphatic heterocycles. The Balaban J connectivity index is 1.58. The zero-order chi connectivity index (χ0) is 13.9. The number of likely N-dealkylation sites (tertiary alicyclic amines) is 1. The molecule has 20 heavy (non-hydrogen) atoms. The Morgan fingerprint density at radius 3 is 3.05 bits per heavy atom. The number of carbonyl (C=O) groups excluding carboxylic acids is 1. The third kappa shape index (κ3) is 2.92. The summed E-state index contributed by atoms with van der Waals surface area (Å²) in [6.45, 7) is 4.72. The van der Waals surface area contributed by atoms with Crippen LogP contribution in [-0.4, -0.2) is 40.8 Å².